The van der Waals surface area contributed by atoms with Gasteiger partial charge in [-0.3, -0.25) is 4.79 Å². The fourth-order valence-corrected chi connectivity index (χ4v) is 9.91. The van der Waals surface area contributed by atoms with E-state index in [1.807, 2.05) is 33.9 Å². The molecule has 1 N–H and O–H groups in total. The Morgan fingerprint density at radius 2 is 1.58 bits per heavy atom. The summed E-state index contributed by atoms with van der Waals surface area (Å²) in [7, 11) is 0. The smallest absolute Gasteiger partial charge is 0 e. The third-order valence-corrected chi connectivity index (χ3v) is 13.3. The first-order chi connectivity index (χ1) is 20.9. The predicted octanol–water partition coefficient (Wildman–Crippen LogP) is 10.8. The van der Waals surface area contributed by atoms with E-state index in [4.69, 9.17) is 9.72 Å². The van der Waals surface area contributed by atoms with Crippen LogP contribution in [-0.4, -0.2) is 29.1 Å². The van der Waals surface area contributed by atoms with Crippen molar-refractivity contribution in [3.63, 3.8) is 0 Å². The van der Waals surface area contributed by atoms with Gasteiger partial charge in [-0.1, -0.05) is 27.7 Å². The van der Waals surface area contributed by atoms with Gasteiger partial charge in [-0.05, 0) is 25.7 Å². The maximum atomic E-state index is 11.7. The molecule has 0 unspecified atom stereocenters. The maximum Gasteiger partial charge on any atom is 0 e. The predicted molar refractivity (Wildman–Crippen MR) is 189 cm³/mol. The van der Waals surface area contributed by atoms with Crippen molar-refractivity contribution in [2.24, 2.45) is 11.8 Å². The summed E-state index contributed by atoms with van der Waals surface area (Å²) in [5, 5.41) is 14.6. The quantitative estimate of drug-likeness (QED) is 0.0695. The van der Waals surface area contributed by atoms with Crippen molar-refractivity contribution < 1.29 is 34.7 Å². The minimum Gasteiger partial charge on any atom is 0 e. The number of ketones is 1. The molecule has 1 aliphatic rings. The molecular formula is C39H50GeIrNO3-. The van der Waals surface area contributed by atoms with Crippen molar-refractivity contribution in [2.75, 3.05) is 0 Å². The second-order valence-corrected chi connectivity index (χ2v) is 24.0. The Hall–Kier alpha value is -2.47. The minimum atomic E-state index is -2.07. The molecule has 2 heterocycles. The van der Waals surface area contributed by atoms with Crippen molar-refractivity contribution in [3.05, 3.63) is 71.6 Å². The first-order valence-corrected chi connectivity index (χ1v) is 23.7. The Labute approximate surface area is 286 Å². The van der Waals surface area contributed by atoms with Gasteiger partial charge in [0.25, 0.3) is 0 Å². The van der Waals surface area contributed by atoms with Crippen LogP contribution < -0.4 is 9.13 Å². The fraction of sp³-hybridized carbons (Fsp3) is 0.436. The Morgan fingerprint density at radius 1 is 0.956 bits per heavy atom. The Kier molecular flexibility index (Phi) is 12.7. The van der Waals surface area contributed by atoms with E-state index in [9.17, 15) is 9.90 Å². The number of nitrogens with zero attached hydrogens (tertiary/aromatic N) is 1. The van der Waals surface area contributed by atoms with E-state index in [2.05, 4.69) is 80.5 Å². The molecule has 1 aliphatic heterocycles. The van der Waals surface area contributed by atoms with Gasteiger partial charge in [0, 0.05) is 38.0 Å². The molecule has 6 heteroatoms. The van der Waals surface area contributed by atoms with E-state index in [0.29, 0.717) is 5.92 Å². The van der Waals surface area contributed by atoms with Crippen LogP contribution >= 0.6 is 0 Å². The van der Waals surface area contributed by atoms with Crippen molar-refractivity contribution in [1.82, 2.24) is 4.98 Å². The topological polar surface area (TPSA) is 59.4 Å². The average Bonchev–Trinajstić information content (AvgIpc) is 2.98. The maximum absolute atomic E-state index is 11.7. The molecule has 0 spiro atoms. The first kappa shape index (κ1) is 37.0. The summed E-state index contributed by atoms with van der Waals surface area (Å²) in [4.78, 5) is 16.6. The average molecular weight is 846 g/mol. The van der Waals surface area contributed by atoms with E-state index in [1.54, 1.807) is 0 Å². The van der Waals surface area contributed by atoms with Crippen LogP contribution in [-0.2, 0) is 24.9 Å². The number of hydrogen-bond donors (Lipinski definition) is 1. The molecule has 0 aliphatic carbocycles. The SMILES string of the molecule is CCC(CC)C(=O)/C=C(\O)C(CC)CC.Cc1c[c]([Ge]([CH3])([CH3])[CH3])c2ccnc3c2c1Oc1c-3[c-]c2ccccc2c1C(C)C.[Ir]. The Morgan fingerprint density at radius 3 is 2.16 bits per heavy atom. The molecule has 0 amide bonds. The molecule has 0 atom stereocenters. The molecule has 0 bridgehead atoms. The zero-order valence-electron chi connectivity index (χ0n) is 28.7. The number of pyridine rings is 1. The first-order valence-electron chi connectivity index (χ1n) is 16.4. The number of hydrogen-bond acceptors (Lipinski definition) is 4. The number of aliphatic hydroxyl groups is 1. The van der Waals surface area contributed by atoms with Gasteiger partial charge >= 0.3 is 175 Å². The van der Waals surface area contributed by atoms with Gasteiger partial charge in [0.05, 0.1) is 5.76 Å². The van der Waals surface area contributed by atoms with Gasteiger partial charge in [-0.2, -0.15) is 0 Å². The van der Waals surface area contributed by atoms with Crippen molar-refractivity contribution in [2.45, 2.75) is 97.3 Å². The van der Waals surface area contributed by atoms with Crippen LogP contribution in [0.5, 0.6) is 11.5 Å². The third kappa shape index (κ3) is 7.58. The molecule has 243 valence electrons. The molecule has 1 radical (unpaired) electrons. The monoisotopic (exact) mass is 847 g/mol. The van der Waals surface area contributed by atoms with Crippen LogP contribution in [0.15, 0.2) is 54.4 Å². The molecule has 4 aromatic rings. The summed E-state index contributed by atoms with van der Waals surface area (Å²) < 4.78 is 8.21. The number of ether oxygens (including phenoxy) is 1. The number of fused-ring (bicyclic) bond motifs is 3. The van der Waals surface area contributed by atoms with Gasteiger partial charge in [0.15, 0.2) is 5.78 Å². The number of carbonyl (C=O) groups excluding carboxylic acids is 1. The molecule has 4 nitrogen and oxygen atoms in total. The van der Waals surface area contributed by atoms with Crippen LogP contribution in [0.1, 0.15) is 84.3 Å². The summed E-state index contributed by atoms with van der Waals surface area (Å²) in [5.74, 6) is 10.1. The number of aromatic nitrogens is 1. The Bertz CT molecular complexity index is 1690. The van der Waals surface area contributed by atoms with Crippen LogP contribution in [0.4, 0.5) is 0 Å². The normalized spacial score (nSPS) is 12.6. The number of benzene rings is 3. The number of allylic oxidation sites excluding steroid dienone is 2. The van der Waals surface area contributed by atoms with Crippen LogP contribution in [0, 0.1) is 24.8 Å². The van der Waals surface area contributed by atoms with E-state index in [0.717, 1.165) is 59.2 Å². The van der Waals surface area contributed by atoms with Crippen LogP contribution in [0.25, 0.3) is 32.8 Å². The minimum absolute atomic E-state index is 0. The van der Waals surface area contributed by atoms with Crippen molar-refractivity contribution in [3.8, 4) is 22.8 Å². The van der Waals surface area contributed by atoms with Crippen LogP contribution in [0.2, 0.25) is 17.3 Å². The molecule has 45 heavy (non-hydrogen) atoms. The summed E-state index contributed by atoms with van der Waals surface area (Å²) in [6, 6.07) is 16.7. The Balaban J connectivity index is 0.000000297. The van der Waals surface area contributed by atoms with Crippen LogP contribution in [0.3, 0.4) is 0 Å². The van der Waals surface area contributed by atoms with E-state index < -0.39 is 13.3 Å². The largest absolute Gasteiger partial charge is 0 e. The summed E-state index contributed by atoms with van der Waals surface area (Å²) >= 11 is -2.07. The molecule has 0 saturated heterocycles. The summed E-state index contributed by atoms with van der Waals surface area (Å²) in [6.07, 6.45) is 6.87. The van der Waals surface area contributed by atoms with Crippen molar-refractivity contribution >= 4 is 45.0 Å². The second-order valence-electron chi connectivity index (χ2n) is 13.4. The van der Waals surface area contributed by atoms with Gasteiger partial charge in [0.2, 0.25) is 0 Å². The molecule has 0 saturated carbocycles. The van der Waals surface area contributed by atoms with Gasteiger partial charge in [0.1, 0.15) is 0 Å². The van der Waals surface area contributed by atoms with E-state index in [-0.39, 0.29) is 43.5 Å². The number of aryl methyl sites for hydroxylation is 1. The number of aliphatic hydroxyl groups excluding tert-OH is 1. The number of carbonyl (C=O) groups is 1. The third-order valence-electron chi connectivity index (χ3n) is 9.04. The molecular weight excluding hydrogens is 795 g/mol. The summed E-state index contributed by atoms with van der Waals surface area (Å²) in [5.41, 5.74) is 4.47. The number of rotatable bonds is 9. The molecule has 0 fully saturated rings. The van der Waals surface area contributed by atoms with Crippen molar-refractivity contribution in [1.29, 1.82) is 0 Å². The second kappa shape index (κ2) is 15.4. The summed E-state index contributed by atoms with van der Waals surface area (Å²) in [6.45, 7) is 14.7. The zero-order valence-corrected chi connectivity index (χ0v) is 33.2. The molecule has 3 aromatic carbocycles. The van der Waals surface area contributed by atoms with Gasteiger partial charge < -0.3 is 5.11 Å². The van der Waals surface area contributed by atoms with E-state index in [1.165, 1.54) is 32.4 Å². The molecule has 5 rings (SSSR count). The zero-order chi connectivity index (χ0) is 32.3. The van der Waals surface area contributed by atoms with Gasteiger partial charge in [-0.25, -0.2) is 0 Å². The van der Waals surface area contributed by atoms with E-state index >= 15 is 0 Å². The standard InChI is InChI=1S/C26H26GeNO.C13H24O2.Ir/c1-15(2)22-18-10-8-7-9-17(18)14-20-24-23-19(11-12-28-24)21(27(4,5)6)13-16(3)25(23)29-26(20)22;1-5-10(6-2)12(14)9-13(15)11(7-3)8-4;/h7-13,15H,1-6H3;9-11,14H,5-8H2,1-4H3;/q-1;;/b;12-9-;. The molecule has 1 aromatic heterocycles. The van der Waals surface area contributed by atoms with Gasteiger partial charge in [-0.15, -0.1) is 0 Å². The fourth-order valence-electron chi connectivity index (χ4n) is 6.42.